The summed E-state index contributed by atoms with van der Waals surface area (Å²) in [5.41, 5.74) is 1.47. The number of nitrogens with zero attached hydrogens (tertiary/aromatic N) is 1. The van der Waals surface area contributed by atoms with Crippen LogP contribution in [0.15, 0.2) is 18.2 Å². The summed E-state index contributed by atoms with van der Waals surface area (Å²) in [5.74, 6) is 6.20. The number of benzene rings is 1. The molecule has 1 aromatic rings. The highest BCUT2D eigenvalue weighted by Gasteiger charge is 2.44. The fourth-order valence-corrected chi connectivity index (χ4v) is 3.89. The van der Waals surface area contributed by atoms with Gasteiger partial charge in [-0.1, -0.05) is 24.0 Å². The second-order valence-electron chi connectivity index (χ2n) is 7.18. The van der Waals surface area contributed by atoms with E-state index in [1.807, 2.05) is 18.2 Å². The van der Waals surface area contributed by atoms with E-state index in [2.05, 4.69) is 16.7 Å². The first-order valence-electron chi connectivity index (χ1n) is 9.40. The molecule has 0 aliphatic carbocycles. The van der Waals surface area contributed by atoms with Gasteiger partial charge in [-0.15, -0.1) is 0 Å². The zero-order chi connectivity index (χ0) is 18.6. The lowest BCUT2D eigenvalue weighted by Crippen LogP contribution is -2.58. The van der Waals surface area contributed by atoms with Crippen molar-refractivity contribution in [2.24, 2.45) is 5.92 Å². The van der Waals surface area contributed by atoms with E-state index in [0.717, 1.165) is 42.6 Å². The molecule has 27 heavy (non-hydrogen) atoms. The van der Waals surface area contributed by atoms with Crippen molar-refractivity contribution in [2.45, 2.75) is 44.8 Å². The fraction of sp³-hybridized carbons (Fsp3) is 0.571. The number of hydrogen-bond acceptors (Lipinski definition) is 5. The highest BCUT2D eigenvalue weighted by molar-refractivity contribution is 5.75. The molecule has 0 amide bonds. The third-order valence-electron chi connectivity index (χ3n) is 5.40. The minimum absolute atomic E-state index is 0. The third kappa shape index (κ3) is 5.13. The Morgan fingerprint density at radius 1 is 1.37 bits per heavy atom. The number of carbonyl (C=O) groups excluding carboxylic acids is 1. The lowest BCUT2D eigenvalue weighted by molar-refractivity contribution is -0.143. The second kappa shape index (κ2) is 9.41. The summed E-state index contributed by atoms with van der Waals surface area (Å²) in [7, 11) is 0. The summed E-state index contributed by atoms with van der Waals surface area (Å²) in [6.45, 7) is 4.76. The Kier molecular flexibility index (Phi) is 7.49. The average molecular weight is 368 g/mol. The van der Waals surface area contributed by atoms with Gasteiger partial charge in [-0.25, -0.2) is 0 Å². The molecule has 0 spiro atoms. The summed E-state index contributed by atoms with van der Waals surface area (Å²) < 4.78 is 4.94. The number of fused-ring (bicyclic) bond motifs is 3. The Hall–Kier alpha value is -1.81. The molecule has 1 unspecified atom stereocenters. The molecule has 0 saturated carbocycles. The van der Waals surface area contributed by atoms with E-state index in [1.165, 1.54) is 0 Å². The van der Waals surface area contributed by atoms with Gasteiger partial charge in [0.2, 0.25) is 0 Å². The monoisotopic (exact) mass is 368 g/mol. The van der Waals surface area contributed by atoms with E-state index in [0.29, 0.717) is 26.0 Å². The number of aryl methyl sites for hydroxylation is 1. The number of carbonyl (C=O) groups is 1. The third-order valence-corrected chi connectivity index (χ3v) is 5.40. The molecule has 4 rings (SSSR count). The van der Waals surface area contributed by atoms with E-state index in [1.54, 1.807) is 6.92 Å². The first-order chi connectivity index (χ1) is 12.5. The highest BCUT2D eigenvalue weighted by atomic mass is 16.5. The summed E-state index contributed by atoms with van der Waals surface area (Å²) >= 11 is 0. The summed E-state index contributed by atoms with van der Waals surface area (Å²) in [5, 5.41) is 20.6. The van der Waals surface area contributed by atoms with Crippen LogP contribution in [0.2, 0.25) is 0 Å². The molecule has 3 aliphatic rings. The summed E-state index contributed by atoms with van der Waals surface area (Å²) in [4.78, 5) is 13.8. The van der Waals surface area contributed by atoms with E-state index in [9.17, 15) is 15.0 Å². The van der Waals surface area contributed by atoms with Gasteiger partial charge in [0, 0.05) is 32.9 Å². The Bertz CT molecular complexity index is 719. The van der Waals surface area contributed by atoms with Crippen molar-refractivity contribution in [1.29, 1.82) is 0 Å². The highest BCUT2D eigenvalue weighted by Crippen LogP contribution is 2.35. The Morgan fingerprint density at radius 2 is 2.11 bits per heavy atom. The molecule has 3 aliphatic heterocycles. The predicted octanol–water partition coefficient (Wildman–Crippen LogP) is 1.10. The summed E-state index contributed by atoms with van der Waals surface area (Å²) in [6.07, 6.45) is 2.87. The fourth-order valence-electron chi connectivity index (χ4n) is 3.89. The first-order valence-corrected chi connectivity index (χ1v) is 9.40. The lowest BCUT2D eigenvalue weighted by Gasteiger charge is -2.47. The van der Waals surface area contributed by atoms with Crippen molar-refractivity contribution in [2.75, 3.05) is 26.2 Å². The number of aliphatic hydroxyl groups excluding tert-OH is 1. The van der Waals surface area contributed by atoms with Crippen LogP contribution < -0.4 is 0 Å². The number of ether oxygens (including phenoxy) is 1. The smallest absolute Gasteiger partial charge is 0.306 e. The predicted molar refractivity (Wildman–Crippen MR) is 104 cm³/mol. The molecule has 1 atom stereocenters. The number of esters is 1. The Morgan fingerprint density at radius 3 is 2.70 bits per heavy atom. The largest absolute Gasteiger partial charge is 0.466 e. The molecule has 2 bridgehead atoms. The minimum Gasteiger partial charge on any atom is -0.466 e. The summed E-state index contributed by atoms with van der Waals surface area (Å²) in [6, 6.07) is 5.66. The quantitative estimate of drug-likeness (QED) is 0.463. The maximum atomic E-state index is 11.5. The molecular formula is C21H27BNO4. The molecule has 3 fully saturated rings. The van der Waals surface area contributed by atoms with Crippen LogP contribution in [-0.2, 0) is 22.6 Å². The van der Waals surface area contributed by atoms with Crippen LogP contribution in [-0.4, -0.2) is 61.3 Å². The average Bonchev–Trinajstić information content (AvgIpc) is 2.66. The molecule has 6 heteroatoms. The maximum Gasteiger partial charge on any atom is 0.306 e. The SMILES string of the molecule is CCOC(=O)CCc1ccc(C#CC2(O)CN3CCC2CC3)c(CO)c1.[B]. The minimum atomic E-state index is -0.953. The van der Waals surface area contributed by atoms with Crippen LogP contribution in [0.4, 0.5) is 0 Å². The molecule has 3 heterocycles. The number of aliphatic hydroxyl groups is 2. The van der Waals surface area contributed by atoms with Crippen molar-refractivity contribution < 1.29 is 19.7 Å². The first kappa shape index (κ1) is 21.5. The molecule has 5 nitrogen and oxygen atoms in total. The van der Waals surface area contributed by atoms with Gasteiger partial charge in [0.25, 0.3) is 0 Å². The zero-order valence-corrected chi connectivity index (χ0v) is 15.9. The molecule has 143 valence electrons. The van der Waals surface area contributed by atoms with Gasteiger partial charge in [-0.2, -0.15) is 0 Å². The van der Waals surface area contributed by atoms with Gasteiger partial charge in [0.15, 0.2) is 0 Å². The van der Waals surface area contributed by atoms with Crippen LogP contribution in [0.5, 0.6) is 0 Å². The van der Waals surface area contributed by atoms with Crippen molar-refractivity contribution in [3.63, 3.8) is 0 Å². The molecule has 1 aromatic carbocycles. The number of hydrogen-bond donors (Lipinski definition) is 2. The number of rotatable bonds is 5. The Balaban J connectivity index is 0.00000261. The zero-order valence-electron chi connectivity index (χ0n) is 15.9. The van der Waals surface area contributed by atoms with Crippen LogP contribution in [0.1, 0.15) is 42.9 Å². The van der Waals surface area contributed by atoms with E-state index in [-0.39, 0.29) is 26.9 Å². The van der Waals surface area contributed by atoms with Crippen LogP contribution >= 0.6 is 0 Å². The van der Waals surface area contributed by atoms with Crippen molar-refractivity contribution >= 4 is 14.4 Å². The standard InChI is InChI=1S/C21H27NO4.B/c1-2-26-20(24)6-4-16-3-5-17(18(13-16)14-23)7-10-21(25)15-22-11-8-19(21)9-12-22;/h3,5,13,19,23,25H,2,4,6,8-9,11-12,14-15H2,1H3;. The van der Waals surface area contributed by atoms with Crippen LogP contribution in [0.25, 0.3) is 0 Å². The van der Waals surface area contributed by atoms with Gasteiger partial charge < -0.3 is 14.9 Å². The lowest BCUT2D eigenvalue weighted by atomic mass is 9.75. The van der Waals surface area contributed by atoms with Crippen molar-refractivity contribution in [1.82, 2.24) is 4.90 Å². The van der Waals surface area contributed by atoms with Gasteiger partial charge in [-0.05, 0) is 56.5 Å². The maximum absolute atomic E-state index is 11.5. The normalized spacial score (nSPS) is 25.9. The molecule has 2 N–H and O–H groups in total. The van der Waals surface area contributed by atoms with Gasteiger partial charge in [0.1, 0.15) is 5.60 Å². The topological polar surface area (TPSA) is 70.0 Å². The van der Waals surface area contributed by atoms with Gasteiger partial charge in [-0.3, -0.25) is 9.69 Å². The number of piperidine rings is 3. The van der Waals surface area contributed by atoms with Gasteiger partial charge in [0.05, 0.1) is 13.2 Å². The van der Waals surface area contributed by atoms with Crippen LogP contribution in [0.3, 0.4) is 0 Å². The van der Waals surface area contributed by atoms with E-state index >= 15 is 0 Å². The van der Waals surface area contributed by atoms with Crippen molar-refractivity contribution in [3.05, 3.63) is 34.9 Å². The van der Waals surface area contributed by atoms with Crippen molar-refractivity contribution in [3.8, 4) is 11.8 Å². The second-order valence-corrected chi connectivity index (χ2v) is 7.18. The molecule has 3 saturated heterocycles. The van der Waals surface area contributed by atoms with Gasteiger partial charge >= 0.3 is 5.97 Å². The van der Waals surface area contributed by atoms with Crippen LogP contribution in [0, 0.1) is 17.8 Å². The Labute approximate surface area is 163 Å². The molecule has 0 aromatic heterocycles. The van der Waals surface area contributed by atoms with E-state index < -0.39 is 5.60 Å². The molecule has 3 radical (unpaired) electrons. The molecular weight excluding hydrogens is 341 g/mol. The van der Waals surface area contributed by atoms with E-state index in [4.69, 9.17) is 4.74 Å².